The molecule has 0 spiro atoms. The molecule has 0 aromatic heterocycles. The van der Waals surface area contributed by atoms with E-state index in [-0.39, 0.29) is 19.0 Å². The molecule has 0 aliphatic heterocycles. The smallest absolute Gasteiger partial charge is 0.178 e. The molecule has 2 nitrogen and oxygen atoms in total. The van der Waals surface area contributed by atoms with Crippen molar-refractivity contribution in [1.82, 2.24) is 0 Å². The molecule has 3 aromatic rings. The van der Waals surface area contributed by atoms with Crippen LogP contribution < -0.4 is 0 Å². The van der Waals surface area contributed by atoms with Gasteiger partial charge in [0, 0.05) is 5.56 Å². The lowest BCUT2D eigenvalue weighted by molar-refractivity contribution is -0.110. The van der Waals surface area contributed by atoms with E-state index in [0.717, 1.165) is 16.7 Å². The second kappa shape index (κ2) is 25.7. The SMILES string of the molecule is C.CC.CC.CC.CC(=O)c1ccccc1.O=C(/C=C/c1ccccc1)/C=C/c1ccccc1. The van der Waals surface area contributed by atoms with E-state index in [2.05, 4.69) is 0 Å². The van der Waals surface area contributed by atoms with E-state index in [9.17, 15) is 9.59 Å². The zero-order valence-corrected chi connectivity index (χ0v) is 21.3. The summed E-state index contributed by atoms with van der Waals surface area (Å²) in [4.78, 5) is 22.3. The van der Waals surface area contributed by atoms with Gasteiger partial charge in [0.25, 0.3) is 0 Å². The number of allylic oxidation sites excluding steroid dienone is 2. The topological polar surface area (TPSA) is 34.1 Å². The molecule has 0 atom stereocenters. The zero-order valence-electron chi connectivity index (χ0n) is 21.3. The summed E-state index contributed by atoms with van der Waals surface area (Å²) in [6.07, 6.45) is 6.79. The van der Waals surface area contributed by atoms with Crippen LogP contribution in [0.1, 0.15) is 77.4 Å². The first-order chi connectivity index (χ1) is 16.1. The summed E-state index contributed by atoms with van der Waals surface area (Å²) in [5, 5.41) is 0. The van der Waals surface area contributed by atoms with Crippen LogP contribution in [0.3, 0.4) is 0 Å². The van der Waals surface area contributed by atoms with Crippen LogP contribution in [0.2, 0.25) is 0 Å². The minimum Gasteiger partial charge on any atom is -0.295 e. The fraction of sp³-hybridized carbons (Fsp3) is 0.250. The summed E-state index contributed by atoms with van der Waals surface area (Å²) in [5.74, 6) is 0.110. The Morgan fingerprint density at radius 3 is 1.09 bits per heavy atom. The van der Waals surface area contributed by atoms with Crippen LogP contribution in [0.25, 0.3) is 12.2 Å². The van der Waals surface area contributed by atoms with Gasteiger partial charge in [-0.05, 0) is 30.2 Å². The highest BCUT2D eigenvalue weighted by Gasteiger charge is 1.93. The summed E-state index contributed by atoms with van der Waals surface area (Å²) in [5.41, 5.74) is 2.83. The molecule has 34 heavy (non-hydrogen) atoms. The van der Waals surface area contributed by atoms with Crippen LogP contribution in [0.4, 0.5) is 0 Å². The predicted molar refractivity (Wildman–Crippen MR) is 153 cm³/mol. The van der Waals surface area contributed by atoms with E-state index in [0.29, 0.717) is 0 Å². The van der Waals surface area contributed by atoms with Crippen LogP contribution in [0.15, 0.2) is 103 Å². The van der Waals surface area contributed by atoms with Gasteiger partial charge in [0.15, 0.2) is 11.6 Å². The van der Waals surface area contributed by atoms with Gasteiger partial charge >= 0.3 is 0 Å². The van der Waals surface area contributed by atoms with Crippen molar-refractivity contribution in [2.75, 3.05) is 0 Å². The highest BCUT2D eigenvalue weighted by atomic mass is 16.1. The van der Waals surface area contributed by atoms with Gasteiger partial charge in [-0.15, -0.1) is 0 Å². The van der Waals surface area contributed by atoms with Crippen LogP contribution >= 0.6 is 0 Å². The van der Waals surface area contributed by atoms with Crippen molar-refractivity contribution in [3.63, 3.8) is 0 Å². The molecular formula is C32H44O2. The number of benzene rings is 3. The molecule has 2 heteroatoms. The van der Waals surface area contributed by atoms with Gasteiger partial charge < -0.3 is 0 Å². The molecule has 0 heterocycles. The Kier molecular flexibility index (Phi) is 26.6. The Morgan fingerprint density at radius 1 is 0.529 bits per heavy atom. The molecule has 0 radical (unpaired) electrons. The Morgan fingerprint density at radius 2 is 0.824 bits per heavy atom. The minimum atomic E-state index is -0.0114. The lowest BCUT2D eigenvalue weighted by Gasteiger charge is -1.91. The zero-order chi connectivity index (χ0) is 25.3. The molecule has 0 N–H and O–H groups in total. The van der Waals surface area contributed by atoms with E-state index in [4.69, 9.17) is 0 Å². The lowest BCUT2D eigenvalue weighted by Crippen LogP contribution is -1.88. The monoisotopic (exact) mass is 460 g/mol. The molecule has 0 aliphatic rings. The molecule has 3 rings (SSSR count). The van der Waals surface area contributed by atoms with E-state index in [1.165, 1.54) is 0 Å². The Labute approximate surface area is 209 Å². The van der Waals surface area contributed by atoms with Gasteiger partial charge in [-0.1, -0.05) is 152 Å². The van der Waals surface area contributed by atoms with Crippen molar-refractivity contribution in [2.45, 2.75) is 55.9 Å². The normalized spacial score (nSPS) is 8.79. The summed E-state index contributed by atoms with van der Waals surface area (Å²) < 4.78 is 0. The summed E-state index contributed by atoms with van der Waals surface area (Å²) >= 11 is 0. The second-order valence-corrected chi connectivity index (χ2v) is 5.81. The lowest BCUT2D eigenvalue weighted by atomic mass is 10.1. The van der Waals surface area contributed by atoms with Gasteiger partial charge in [-0.2, -0.15) is 0 Å². The molecule has 0 amide bonds. The largest absolute Gasteiger partial charge is 0.295 e. The van der Waals surface area contributed by atoms with E-state index < -0.39 is 0 Å². The third-order valence-electron chi connectivity index (χ3n) is 3.66. The van der Waals surface area contributed by atoms with Crippen molar-refractivity contribution in [3.05, 3.63) is 120 Å². The van der Waals surface area contributed by atoms with Crippen molar-refractivity contribution >= 4 is 23.7 Å². The third kappa shape index (κ3) is 18.1. The summed E-state index contributed by atoms with van der Waals surface area (Å²) in [6, 6.07) is 28.8. The number of hydrogen-bond acceptors (Lipinski definition) is 2. The number of hydrogen-bond donors (Lipinski definition) is 0. The fourth-order valence-electron chi connectivity index (χ4n) is 2.21. The first-order valence-electron chi connectivity index (χ1n) is 11.7. The fourth-order valence-corrected chi connectivity index (χ4v) is 2.21. The maximum Gasteiger partial charge on any atom is 0.178 e. The highest BCUT2D eigenvalue weighted by Crippen LogP contribution is 2.03. The number of ketones is 2. The van der Waals surface area contributed by atoms with Gasteiger partial charge in [0.1, 0.15) is 0 Å². The van der Waals surface area contributed by atoms with Gasteiger partial charge in [-0.25, -0.2) is 0 Å². The highest BCUT2D eigenvalue weighted by molar-refractivity contribution is 6.04. The van der Waals surface area contributed by atoms with Gasteiger partial charge in [-0.3, -0.25) is 9.59 Å². The Hall–Kier alpha value is -3.52. The number of carbonyl (C=O) groups is 2. The molecule has 184 valence electrons. The van der Waals surface area contributed by atoms with Crippen LogP contribution in [-0.4, -0.2) is 11.6 Å². The standard InChI is InChI=1S/C17H14O.C8H8O.3C2H6.CH4/c18-17(13-11-15-7-3-1-4-8-15)14-12-16-9-5-2-6-10-16;1-7(9)8-5-3-2-4-6-8;3*1-2;/h1-14H;2-6H,1H3;3*1-2H3;1H4/b13-11+,14-12+;;;;;. The number of carbonyl (C=O) groups excluding carboxylic acids is 2. The first-order valence-corrected chi connectivity index (χ1v) is 11.7. The molecule has 0 saturated carbocycles. The summed E-state index contributed by atoms with van der Waals surface area (Å²) in [7, 11) is 0. The van der Waals surface area contributed by atoms with E-state index >= 15 is 0 Å². The Bertz CT molecular complexity index is 842. The quantitative estimate of drug-likeness (QED) is 0.280. The average molecular weight is 461 g/mol. The van der Waals surface area contributed by atoms with Crippen molar-refractivity contribution in [1.29, 1.82) is 0 Å². The Balaban J connectivity index is -0.000000509. The molecule has 0 saturated heterocycles. The van der Waals surface area contributed by atoms with E-state index in [1.807, 2.05) is 145 Å². The number of rotatable bonds is 5. The third-order valence-corrected chi connectivity index (χ3v) is 3.66. The van der Waals surface area contributed by atoms with Crippen LogP contribution in [-0.2, 0) is 4.79 Å². The molecule has 0 fully saturated rings. The number of Topliss-reactive ketones (excluding diaryl/α,β-unsaturated/α-hetero) is 1. The van der Waals surface area contributed by atoms with Crippen LogP contribution in [0.5, 0.6) is 0 Å². The van der Waals surface area contributed by atoms with Crippen LogP contribution in [0, 0.1) is 0 Å². The van der Waals surface area contributed by atoms with Gasteiger partial charge in [0.2, 0.25) is 0 Å². The van der Waals surface area contributed by atoms with E-state index in [1.54, 1.807) is 19.1 Å². The van der Waals surface area contributed by atoms with Crippen molar-refractivity contribution in [2.24, 2.45) is 0 Å². The maximum atomic E-state index is 11.6. The van der Waals surface area contributed by atoms with Crippen molar-refractivity contribution < 1.29 is 9.59 Å². The average Bonchev–Trinajstić information content (AvgIpc) is 2.92. The molecule has 3 aromatic carbocycles. The molecule has 0 bridgehead atoms. The maximum absolute atomic E-state index is 11.6. The second-order valence-electron chi connectivity index (χ2n) is 5.81. The first kappa shape index (κ1) is 35.1. The predicted octanol–water partition coefficient (Wildman–Crippen LogP) is 9.59. The minimum absolute atomic E-state index is 0. The molecule has 0 aliphatic carbocycles. The molecular weight excluding hydrogens is 416 g/mol. The summed E-state index contributed by atoms with van der Waals surface area (Å²) in [6.45, 7) is 13.6. The van der Waals surface area contributed by atoms with Crippen molar-refractivity contribution in [3.8, 4) is 0 Å². The molecule has 0 unspecified atom stereocenters. The van der Waals surface area contributed by atoms with Gasteiger partial charge in [0.05, 0.1) is 0 Å².